The van der Waals surface area contributed by atoms with Gasteiger partial charge in [-0.05, 0) is 53.1 Å². The predicted molar refractivity (Wildman–Crippen MR) is 88.7 cm³/mol. The van der Waals surface area contributed by atoms with Crippen LogP contribution in [0.2, 0.25) is 10.2 Å². The molecule has 0 amide bonds. The fourth-order valence-electron chi connectivity index (χ4n) is 1.75. The molecule has 0 fully saturated rings. The van der Waals surface area contributed by atoms with Gasteiger partial charge < -0.3 is 0 Å². The number of hydrogen-bond acceptors (Lipinski definition) is 2. The fraction of sp³-hybridized carbons (Fsp3) is 0.286. The highest BCUT2D eigenvalue weighted by molar-refractivity contribution is 14.1. The van der Waals surface area contributed by atoms with Crippen molar-refractivity contribution in [2.75, 3.05) is 0 Å². The quantitative estimate of drug-likeness (QED) is 0.487. The van der Waals surface area contributed by atoms with Gasteiger partial charge in [-0.25, -0.2) is 14.4 Å². The summed E-state index contributed by atoms with van der Waals surface area (Å²) in [6.45, 7) is 4.22. The third-order valence-corrected chi connectivity index (χ3v) is 4.67. The van der Waals surface area contributed by atoms with Crippen molar-refractivity contribution < 1.29 is 4.39 Å². The van der Waals surface area contributed by atoms with Crippen LogP contribution < -0.4 is 0 Å². The summed E-state index contributed by atoms with van der Waals surface area (Å²) in [5.74, 6) is 0.460. The molecule has 0 bridgehead atoms. The maximum atomic E-state index is 13.2. The zero-order valence-corrected chi connectivity index (χ0v) is 14.6. The summed E-state index contributed by atoms with van der Waals surface area (Å²) in [7, 11) is 0. The topological polar surface area (TPSA) is 25.8 Å². The first-order valence-corrected chi connectivity index (χ1v) is 7.89. The summed E-state index contributed by atoms with van der Waals surface area (Å²) in [5, 5.41) is 0.456. The standard InChI is InChI=1S/C14H12Cl2FIN2/c1-7(2)5-11-12(18)13(16)20-14(19-11)8-3-4-10(17)9(15)6-8/h3-4,6-7H,5H2,1-2H3. The first-order chi connectivity index (χ1) is 9.38. The highest BCUT2D eigenvalue weighted by Crippen LogP contribution is 2.27. The van der Waals surface area contributed by atoms with E-state index in [1.165, 1.54) is 12.1 Å². The fourth-order valence-corrected chi connectivity index (χ4v) is 2.58. The summed E-state index contributed by atoms with van der Waals surface area (Å²) in [5.41, 5.74) is 1.55. The van der Waals surface area contributed by atoms with E-state index in [1.54, 1.807) is 6.07 Å². The second-order valence-electron chi connectivity index (χ2n) is 4.83. The van der Waals surface area contributed by atoms with Crippen LogP contribution in [0, 0.1) is 15.3 Å². The maximum absolute atomic E-state index is 13.2. The molecule has 6 heteroatoms. The molecule has 0 aliphatic heterocycles. The zero-order chi connectivity index (χ0) is 14.9. The number of aromatic nitrogens is 2. The Bertz CT molecular complexity index is 647. The van der Waals surface area contributed by atoms with Crippen molar-refractivity contribution in [2.45, 2.75) is 20.3 Å². The second-order valence-corrected chi connectivity index (χ2v) is 6.67. The third kappa shape index (κ3) is 3.59. The predicted octanol–water partition coefficient (Wildman–Crippen LogP) is 5.39. The Balaban J connectivity index is 2.51. The van der Waals surface area contributed by atoms with E-state index in [9.17, 15) is 4.39 Å². The smallest absolute Gasteiger partial charge is 0.161 e. The van der Waals surface area contributed by atoms with E-state index in [2.05, 4.69) is 46.4 Å². The minimum atomic E-state index is -0.463. The van der Waals surface area contributed by atoms with Crippen LogP contribution in [0.15, 0.2) is 18.2 Å². The second kappa shape index (κ2) is 6.54. The first kappa shape index (κ1) is 15.9. The normalized spacial score (nSPS) is 11.2. The van der Waals surface area contributed by atoms with Crippen LogP contribution in [0.25, 0.3) is 11.4 Å². The number of hydrogen-bond donors (Lipinski definition) is 0. The summed E-state index contributed by atoms with van der Waals surface area (Å²) < 4.78 is 14.1. The van der Waals surface area contributed by atoms with Gasteiger partial charge in [0.25, 0.3) is 0 Å². The molecule has 1 aromatic heterocycles. The molecule has 106 valence electrons. The Kier molecular flexibility index (Phi) is 5.20. The minimum absolute atomic E-state index is 0.0474. The van der Waals surface area contributed by atoms with Gasteiger partial charge in [-0.2, -0.15) is 0 Å². The van der Waals surface area contributed by atoms with E-state index >= 15 is 0 Å². The monoisotopic (exact) mass is 424 g/mol. The molecule has 20 heavy (non-hydrogen) atoms. The number of rotatable bonds is 3. The molecule has 0 spiro atoms. The van der Waals surface area contributed by atoms with Gasteiger partial charge in [-0.3, -0.25) is 0 Å². The molecule has 0 aliphatic carbocycles. The first-order valence-electron chi connectivity index (χ1n) is 6.05. The molecule has 1 heterocycles. The van der Waals surface area contributed by atoms with E-state index in [0.717, 1.165) is 15.7 Å². The largest absolute Gasteiger partial charge is 0.232 e. The molecule has 0 radical (unpaired) electrons. The average molecular weight is 425 g/mol. The van der Waals surface area contributed by atoms with E-state index in [0.29, 0.717) is 22.5 Å². The van der Waals surface area contributed by atoms with Gasteiger partial charge in [0.2, 0.25) is 0 Å². The van der Waals surface area contributed by atoms with Crippen molar-refractivity contribution in [2.24, 2.45) is 5.92 Å². The van der Waals surface area contributed by atoms with Gasteiger partial charge in [0.05, 0.1) is 14.3 Å². The molecule has 1 aromatic carbocycles. The molecule has 0 saturated heterocycles. The molecular weight excluding hydrogens is 413 g/mol. The molecule has 0 N–H and O–H groups in total. The van der Waals surface area contributed by atoms with Crippen LogP contribution >= 0.6 is 45.8 Å². The average Bonchev–Trinajstić information content (AvgIpc) is 2.37. The highest BCUT2D eigenvalue weighted by atomic mass is 127. The summed E-state index contributed by atoms with van der Waals surface area (Å²) >= 11 is 14.1. The minimum Gasteiger partial charge on any atom is -0.232 e. The number of nitrogens with zero attached hydrogens (tertiary/aromatic N) is 2. The Morgan fingerprint density at radius 3 is 2.55 bits per heavy atom. The van der Waals surface area contributed by atoms with Crippen molar-refractivity contribution in [3.8, 4) is 11.4 Å². The Morgan fingerprint density at radius 2 is 1.95 bits per heavy atom. The zero-order valence-electron chi connectivity index (χ0n) is 10.9. The molecule has 2 aromatic rings. The van der Waals surface area contributed by atoms with Crippen molar-refractivity contribution in [1.29, 1.82) is 0 Å². The van der Waals surface area contributed by atoms with E-state index < -0.39 is 5.82 Å². The number of benzene rings is 1. The molecular formula is C14H12Cl2FIN2. The Morgan fingerprint density at radius 1 is 1.25 bits per heavy atom. The summed E-state index contributed by atoms with van der Waals surface area (Å²) in [6.07, 6.45) is 0.808. The molecule has 2 rings (SSSR count). The highest BCUT2D eigenvalue weighted by Gasteiger charge is 2.14. The molecule has 0 atom stereocenters. The maximum Gasteiger partial charge on any atom is 0.161 e. The van der Waals surface area contributed by atoms with Gasteiger partial charge in [0, 0.05) is 5.56 Å². The Labute approximate surface area is 140 Å². The molecule has 2 nitrogen and oxygen atoms in total. The van der Waals surface area contributed by atoms with Crippen LogP contribution in [0.5, 0.6) is 0 Å². The van der Waals surface area contributed by atoms with Crippen LogP contribution in [0.1, 0.15) is 19.5 Å². The summed E-state index contributed by atoms with van der Waals surface area (Å²) in [4.78, 5) is 8.78. The molecule has 0 saturated carbocycles. The van der Waals surface area contributed by atoms with Crippen LogP contribution in [-0.2, 0) is 6.42 Å². The summed E-state index contributed by atoms with van der Waals surface area (Å²) in [6, 6.07) is 4.41. The van der Waals surface area contributed by atoms with Crippen molar-refractivity contribution in [3.63, 3.8) is 0 Å². The van der Waals surface area contributed by atoms with E-state index in [4.69, 9.17) is 23.2 Å². The van der Waals surface area contributed by atoms with Crippen LogP contribution in [0.4, 0.5) is 4.39 Å². The van der Waals surface area contributed by atoms with Crippen molar-refractivity contribution in [1.82, 2.24) is 9.97 Å². The van der Waals surface area contributed by atoms with Crippen molar-refractivity contribution in [3.05, 3.63) is 43.5 Å². The lowest BCUT2D eigenvalue weighted by Gasteiger charge is -2.10. The third-order valence-electron chi connectivity index (χ3n) is 2.66. The number of halogens is 4. The van der Waals surface area contributed by atoms with Crippen molar-refractivity contribution >= 4 is 45.8 Å². The van der Waals surface area contributed by atoms with Crippen LogP contribution in [0.3, 0.4) is 0 Å². The Hall–Kier alpha value is -0.460. The van der Waals surface area contributed by atoms with E-state index in [-0.39, 0.29) is 5.02 Å². The van der Waals surface area contributed by atoms with Gasteiger partial charge in [0.1, 0.15) is 11.0 Å². The van der Waals surface area contributed by atoms with Crippen LogP contribution in [-0.4, -0.2) is 9.97 Å². The van der Waals surface area contributed by atoms with Gasteiger partial charge >= 0.3 is 0 Å². The SMILES string of the molecule is CC(C)Cc1nc(-c2ccc(F)c(Cl)c2)nc(Cl)c1I. The lowest BCUT2D eigenvalue weighted by molar-refractivity contribution is 0.628. The molecule has 0 unspecified atom stereocenters. The van der Waals surface area contributed by atoms with Gasteiger partial charge in [-0.1, -0.05) is 37.0 Å². The lowest BCUT2D eigenvalue weighted by Crippen LogP contribution is -2.04. The lowest BCUT2D eigenvalue weighted by atomic mass is 10.1. The molecule has 0 aliphatic rings. The van der Waals surface area contributed by atoms with Gasteiger partial charge in [0.15, 0.2) is 5.82 Å². The van der Waals surface area contributed by atoms with Gasteiger partial charge in [-0.15, -0.1) is 0 Å². The van der Waals surface area contributed by atoms with E-state index in [1.807, 2.05) is 0 Å².